The third-order valence-electron chi connectivity index (χ3n) is 2.67. The van der Waals surface area contributed by atoms with Crippen molar-refractivity contribution in [3.8, 4) is 6.07 Å². The van der Waals surface area contributed by atoms with Crippen LogP contribution in [0.2, 0.25) is 0 Å². The Morgan fingerprint density at radius 2 is 2.36 bits per heavy atom. The maximum absolute atomic E-state index is 9.19. The van der Waals surface area contributed by atoms with Crippen LogP contribution in [-0.2, 0) is 10.2 Å². The van der Waals surface area contributed by atoms with Crippen molar-refractivity contribution in [2.45, 2.75) is 11.8 Å². The molecule has 1 atom stereocenters. The van der Waals surface area contributed by atoms with Gasteiger partial charge >= 0.3 is 0 Å². The van der Waals surface area contributed by atoms with Crippen LogP contribution in [0.15, 0.2) is 24.3 Å². The molecule has 2 N–H and O–H groups in total. The Kier molecular flexibility index (Phi) is 2.14. The molecule has 72 valence electrons. The van der Waals surface area contributed by atoms with E-state index in [0.717, 1.165) is 12.0 Å². The Hall–Kier alpha value is -1.53. The van der Waals surface area contributed by atoms with Gasteiger partial charge < -0.3 is 10.5 Å². The van der Waals surface area contributed by atoms with E-state index in [4.69, 9.17) is 10.5 Å². The first-order chi connectivity index (χ1) is 6.77. The first-order valence-electron chi connectivity index (χ1n) is 4.62. The van der Waals surface area contributed by atoms with Crippen LogP contribution in [-0.4, -0.2) is 13.2 Å². The Morgan fingerprint density at radius 3 is 2.93 bits per heavy atom. The Bertz CT molecular complexity index is 375. The highest BCUT2D eigenvalue weighted by molar-refractivity contribution is 5.46. The highest BCUT2D eigenvalue weighted by Crippen LogP contribution is 2.33. The molecule has 0 bridgehead atoms. The second kappa shape index (κ2) is 3.32. The molecule has 1 aliphatic rings. The summed E-state index contributed by atoms with van der Waals surface area (Å²) in [7, 11) is 0. The number of nitriles is 1. The van der Waals surface area contributed by atoms with Gasteiger partial charge in [0, 0.05) is 12.3 Å². The number of hydrogen-bond acceptors (Lipinski definition) is 3. The molecule has 0 aromatic heterocycles. The maximum atomic E-state index is 9.19. The smallest absolute Gasteiger partial charge is 0.108 e. The van der Waals surface area contributed by atoms with E-state index in [1.54, 1.807) is 0 Å². The minimum Gasteiger partial charge on any atom is -0.399 e. The molecule has 0 amide bonds. The Labute approximate surface area is 83.1 Å². The quantitative estimate of drug-likeness (QED) is 0.678. The normalized spacial score (nSPS) is 25.9. The predicted octanol–water partition coefficient (Wildman–Crippen LogP) is 1.45. The molecular formula is C11H12N2O. The molecule has 1 aliphatic heterocycles. The van der Waals surface area contributed by atoms with E-state index in [0.29, 0.717) is 18.9 Å². The van der Waals surface area contributed by atoms with Crippen LogP contribution in [0.3, 0.4) is 0 Å². The predicted molar refractivity (Wildman–Crippen MR) is 53.6 cm³/mol. The number of nitrogen functional groups attached to an aromatic ring is 1. The third kappa shape index (κ3) is 1.34. The zero-order chi connectivity index (χ0) is 10.0. The zero-order valence-electron chi connectivity index (χ0n) is 7.86. The molecule has 1 unspecified atom stereocenters. The minimum absolute atomic E-state index is 0.477. The van der Waals surface area contributed by atoms with E-state index in [2.05, 4.69) is 6.07 Å². The topological polar surface area (TPSA) is 59.0 Å². The largest absolute Gasteiger partial charge is 0.399 e. The van der Waals surface area contributed by atoms with Crippen molar-refractivity contribution in [3.63, 3.8) is 0 Å². The summed E-state index contributed by atoms with van der Waals surface area (Å²) < 4.78 is 5.28. The van der Waals surface area contributed by atoms with Crippen molar-refractivity contribution in [1.82, 2.24) is 0 Å². The van der Waals surface area contributed by atoms with Gasteiger partial charge in [0.25, 0.3) is 0 Å². The van der Waals surface area contributed by atoms with Gasteiger partial charge in [-0.1, -0.05) is 12.1 Å². The Balaban J connectivity index is 2.42. The number of ether oxygens (including phenoxy) is 1. The first-order valence-corrected chi connectivity index (χ1v) is 4.62. The van der Waals surface area contributed by atoms with Crippen molar-refractivity contribution >= 4 is 5.69 Å². The second-order valence-corrected chi connectivity index (χ2v) is 3.62. The number of anilines is 1. The molecule has 3 heteroatoms. The lowest BCUT2D eigenvalue weighted by atomic mass is 9.81. The summed E-state index contributed by atoms with van der Waals surface area (Å²) in [5.41, 5.74) is 6.88. The number of rotatable bonds is 1. The molecule has 1 saturated heterocycles. The van der Waals surface area contributed by atoms with Gasteiger partial charge in [0.2, 0.25) is 0 Å². The van der Waals surface area contributed by atoms with Crippen LogP contribution < -0.4 is 5.73 Å². The summed E-state index contributed by atoms with van der Waals surface area (Å²) in [6.07, 6.45) is 0.757. The van der Waals surface area contributed by atoms with Gasteiger partial charge in [-0.25, -0.2) is 0 Å². The average molecular weight is 188 g/mol. The van der Waals surface area contributed by atoms with E-state index in [-0.39, 0.29) is 0 Å². The lowest BCUT2D eigenvalue weighted by molar-refractivity contribution is 0.186. The zero-order valence-corrected chi connectivity index (χ0v) is 7.86. The summed E-state index contributed by atoms with van der Waals surface area (Å²) in [5.74, 6) is 0. The van der Waals surface area contributed by atoms with Gasteiger partial charge in [-0.15, -0.1) is 0 Å². The summed E-state index contributed by atoms with van der Waals surface area (Å²) in [6.45, 7) is 1.13. The standard InChI is InChI=1S/C11H12N2O/c12-7-11(4-5-14-8-11)9-2-1-3-10(13)6-9/h1-3,6H,4-5,8,13H2. The molecule has 0 radical (unpaired) electrons. The van der Waals surface area contributed by atoms with Crippen LogP contribution in [0.1, 0.15) is 12.0 Å². The highest BCUT2D eigenvalue weighted by Gasteiger charge is 2.36. The van der Waals surface area contributed by atoms with Gasteiger partial charge in [-0.2, -0.15) is 5.26 Å². The number of benzene rings is 1. The first kappa shape index (κ1) is 9.04. The SMILES string of the molecule is N#CC1(c2cccc(N)c2)CCOC1. The van der Waals surface area contributed by atoms with Crippen molar-refractivity contribution in [1.29, 1.82) is 5.26 Å². The van der Waals surface area contributed by atoms with Crippen molar-refractivity contribution in [2.24, 2.45) is 0 Å². The van der Waals surface area contributed by atoms with Gasteiger partial charge in [-0.05, 0) is 24.1 Å². The molecule has 1 heterocycles. The summed E-state index contributed by atoms with van der Waals surface area (Å²) in [5, 5.41) is 9.19. The minimum atomic E-state index is -0.477. The lowest BCUT2D eigenvalue weighted by Gasteiger charge is -2.18. The molecule has 1 aromatic carbocycles. The van der Waals surface area contributed by atoms with E-state index >= 15 is 0 Å². The molecule has 1 fully saturated rings. The van der Waals surface area contributed by atoms with Crippen molar-refractivity contribution in [3.05, 3.63) is 29.8 Å². The van der Waals surface area contributed by atoms with Crippen LogP contribution in [0.5, 0.6) is 0 Å². The molecular weight excluding hydrogens is 176 g/mol. The fourth-order valence-corrected chi connectivity index (χ4v) is 1.78. The van der Waals surface area contributed by atoms with Crippen molar-refractivity contribution < 1.29 is 4.74 Å². The van der Waals surface area contributed by atoms with Crippen LogP contribution in [0, 0.1) is 11.3 Å². The number of nitrogens with zero attached hydrogens (tertiary/aromatic N) is 1. The van der Waals surface area contributed by atoms with Crippen LogP contribution in [0.4, 0.5) is 5.69 Å². The Morgan fingerprint density at radius 1 is 1.50 bits per heavy atom. The van der Waals surface area contributed by atoms with Gasteiger partial charge in [0.15, 0.2) is 0 Å². The van der Waals surface area contributed by atoms with Gasteiger partial charge in [0.1, 0.15) is 5.41 Å². The van der Waals surface area contributed by atoms with Gasteiger partial charge in [-0.3, -0.25) is 0 Å². The third-order valence-corrected chi connectivity index (χ3v) is 2.67. The summed E-state index contributed by atoms with van der Waals surface area (Å²) in [6, 6.07) is 9.84. The molecule has 2 rings (SSSR count). The highest BCUT2D eigenvalue weighted by atomic mass is 16.5. The van der Waals surface area contributed by atoms with E-state index in [1.807, 2.05) is 24.3 Å². The van der Waals surface area contributed by atoms with Gasteiger partial charge in [0.05, 0.1) is 12.7 Å². The van der Waals surface area contributed by atoms with E-state index in [9.17, 15) is 5.26 Å². The fourth-order valence-electron chi connectivity index (χ4n) is 1.78. The van der Waals surface area contributed by atoms with E-state index in [1.165, 1.54) is 0 Å². The monoisotopic (exact) mass is 188 g/mol. The maximum Gasteiger partial charge on any atom is 0.108 e. The average Bonchev–Trinajstić information content (AvgIpc) is 2.67. The van der Waals surface area contributed by atoms with Crippen LogP contribution in [0.25, 0.3) is 0 Å². The molecule has 0 spiro atoms. The molecule has 0 saturated carbocycles. The van der Waals surface area contributed by atoms with E-state index < -0.39 is 5.41 Å². The lowest BCUT2D eigenvalue weighted by Crippen LogP contribution is -2.24. The molecule has 14 heavy (non-hydrogen) atoms. The number of hydrogen-bond donors (Lipinski definition) is 1. The number of nitrogens with two attached hydrogens (primary N) is 1. The fraction of sp³-hybridized carbons (Fsp3) is 0.364. The summed E-state index contributed by atoms with van der Waals surface area (Å²) in [4.78, 5) is 0. The molecule has 3 nitrogen and oxygen atoms in total. The second-order valence-electron chi connectivity index (χ2n) is 3.62. The molecule has 0 aliphatic carbocycles. The van der Waals surface area contributed by atoms with Crippen LogP contribution >= 0.6 is 0 Å². The van der Waals surface area contributed by atoms with Crippen molar-refractivity contribution in [2.75, 3.05) is 18.9 Å². The summed E-state index contributed by atoms with van der Waals surface area (Å²) >= 11 is 0. The molecule has 1 aromatic rings.